The lowest BCUT2D eigenvalue weighted by Crippen LogP contribution is -2.34. The largest absolute Gasteiger partial charge is 0.485 e. The Bertz CT molecular complexity index is 338. The van der Waals surface area contributed by atoms with E-state index in [1.165, 1.54) is 0 Å². The molecule has 1 aromatic rings. The minimum absolute atomic E-state index is 0.301. The quantitative estimate of drug-likeness (QED) is 0.666. The van der Waals surface area contributed by atoms with Gasteiger partial charge in [-0.1, -0.05) is 31.7 Å². The fraction of sp³-hybridized carbons (Fsp3) is 0.467. The Hall–Kier alpha value is -1.28. The maximum atomic E-state index is 5.89. The van der Waals surface area contributed by atoms with Crippen LogP contribution in [0.15, 0.2) is 30.8 Å². The first-order valence-electron chi connectivity index (χ1n) is 6.06. The molecule has 0 saturated carbocycles. The van der Waals surface area contributed by atoms with Gasteiger partial charge in [-0.05, 0) is 38.0 Å². The van der Waals surface area contributed by atoms with Gasteiger partial charge in [-0.2, -0.15) is 0 Å². The Morgan fingerprint density at radius 2 is 1.88 bits per heavy atom. The number of ether oxygens (including phenoxy) is 2. The summed E-state index contributed by atoms with van der Waals surface area (Å²) in [6.07, 6.45) is 2.85. The fourth-order valence-corrected chi connectivity index (χ4v) is 1.48. The predicted molar refractivity (Wildman–Crippen MR) is 72.4 cm³/mol. The standard InChI is InChI=1S/C15H22O2/c1-5-11-16-12-15(3,4)17-14-9-7-13(6-2)8-10-14/h6-10H,2,5,11-12H2,1,3-4H3. The van der Waals surface area contributed by atoms with Gasteiger partial charge in [-0.15, -0.1) is 0 Å². The summed E-state index contributed by atoms with van der Waals surface area (Å²) in [5, 5.41) is 0. The molecular formula is C15H22O2. The van der Waals surface area contributed by atoms with Gasteiger partial charge >= 0.3 is 0 Å². The SMILES string of the molecule is C=Cc1ccc(OC(C)(C)COCCC)cc1. The van der Waals surface area contributed by atoms with Crippen molar-refractivity contribution in [3.8, 4) is 5.75 Å². The molecule has 0 bridgehead atoms. The highest BCUT2D eigenvalue weighted by Crippen LogP contribution is 2.19. The van der Waals surface area contributed by atoms with E-state index >= 15 is 0 Å². The molecule has 0 atom stereocenters. The second-order valence-corrected chi connectivity index (χ2v) is 4.69. The number of hydrogen-bond acceptors (Lipinski definition) is 2. The molecule has 0 aliphatic rings. The van der Waals surface area contributed by atoms with Gasteiger partial charge in [0, 0.05) is 6.61 Å². The maximum Gasteiger partial charge on any atom is 0.127 e. The first-order chi connectivity index (χ1) is 8.07. The second-order valence-electron chi connectivity index (χ2n) is 4.69. The molecule has 0 N–H and O–H groups in total. The molecule has 0 saturated heterocycles. The van der Waals surface area contributed by atoms with E-state index in [2.05, 4.69) is 13.5 Å². The summed E-state index contributed by atoms with van der Waals surface area (Å²) in [5.41, 5.74) is 0.794. The number of benzene rings is 1. The Balaban J connectivity index is 2.52. The smallest absolute Gasteiger partial charge is 0.127 e. The van der Waals surface area contributed by atoms with Crippen LogP contribution in [0.4, 0.5) is 0 Å². The monoisotopic (exact) mass is 234 g/mol. The lowest BCUT2D eigenvalue weighted by molar-refractivity contribution is -0.00300. The molecule has 94 valence electrons. The van der Waals surface area contributed by atoms with Gasteiger partial charge < -0.3 is 9.47 Å². The molecule has 0 aliphatic carbocycles. The van der Waals surface area contributed by atoms with E-state index in [0.29, 0.717) is 6.61 Å². The Kier molecular flexibility index (Phi) is 5.23. The van der Waals surface area contributed by atoms with E-state index in [9.17, 15) is 0 Å². The van der Waals surface area contributed by atoms with Gasteiger partial charge in [-0.25, -0.2) is 0 Å². The molecule has 0 radical (unpaired) electrons. The lowest BCUT2D eigenvalue weighted by atomic mass is 10.1. The van der Waals surface area contributed by atoms with Crippen molar-refractivity contribution in [2.24, 2.45) is 0 Å². The van der Waals surface area contributed by atoms with Crippen molar-refractivity contribution in [1.29, 1.82) is 0 Å². The van der Waals surface area contributed by atoms with E-state index in [-0.39, 0.29) is 5.60 Å². The Morgan fingerprint density at radius 1 is 1.24 bits per heavy atom. The summed E-state index contributed by atoms with van der Waals surface area (Å²) in [6, 6.07) is 7.90. The summed E-state index contributed by atoms with van der Waals surface area (Å²) >= 11 is 0. The zero-order valence-electron chi connectivity index (χ0n) is 11.0. The van der Waals surface area contributed by atoms with E-state index in [1.807, 2.05) is 44.2 Å². The van der Waals surface area contributed by atoms with Crippen molar-refractivity contribution < 1.29 is 9.47 Å². The minimum atomic E-state index is -0.301. The van der Waals surface area contributed by atoms with Crippen molar-refractivity contribution in [3.63, 3.8) is 0 Å². The molecule has 0 fully saturated rings. The average Bonchev–Trinajstić information content (AvgIpc) is 2.30. The summed E-state index contributed by atoms with van der Waals surface area (Å²) in [4.78, 5) is 0. The van der Waals surface area contributed by atoms with Gasteiger partial charge in [-0.3, -0.25) is 0 Å². The van der Waals surface area contributed by atoms with Crippen molar-refractivity contribution in [2.75, 3.05) is 13.2 Å². The molecule has 2 heteroatoms. The van der Waals surface area contributed by atoms with E-state index in [1.54, 1.807) is 0 Å². The van der Waals surface area contributed by atoms with Crippen LogP contribution in [0.3, 0.4) is 0 Å². The second kappa shape index (κ2) is 6.45. The van der Waals surface area contributed by atoms with Gasteiger partial charge in [0.2, 0.25) is 0 Å². The third kappa shape index (κ3) is 5.05. The van der Waals surface area contributed by atoms with Crippen LogP contribution in [0.5, 0.6) is 5.75 Å². The third-order valence-electron chi connectivity index (χ3n) is 2.31. The molecule has 0 aromatic heterocycles. The molecule has 0 spiro atoms. The molecule has 0 heterocycles. The van der Waals surface area contributed by atoms with Gasteiger partial charge in [0.15, 0.2) is 0 Å². The summed E-state index contributed by atoms with van der Waals surface area (Å²) in [5.74, 6) is 0.862. The van der Waals surface area contributed by atoms with Gasteiger partial charge in [0.05, 0.1) is 6.61 Å². The summed E-state index contributed by atoms with van der Waals surface area (Å²) in [6.45, 7) is 11.3. The molecule has 17 heavy (non-hydrogen) atoms. The van der Waals surface area contributed by atoms with Crippen LogP contribution in [0.2, 0.25) is 0 Å². The first-order valence-corrected chi connectivity index (χ1v) is 6.06. The first kappa shape index (κ1) is 13.8. The van der Waals surface area contributed by atoms with E-state index < -0.39 is 0 Å². The number of rotatable bonds is 7. The molecule has 2 nitrogen and oxygen atoms in total. The Morgan fingerprint density at radius 3 is 2.41 bits per heavy atom. The van der Waals surface area contributed by atoms with Crippen molar-refractivity contribution in [3.05, 3.63) is 36.4 Å². The average molecular weight is 234 g/mol. The third-order valence-corrected chi connectivity index (χ3v) is 2.31. The normalized spacial score (nSPS) is 11.2. The molecule has 1 rings (SSSR count). The van der Waals surface area contributed by atoms with Crippen LogP contribution in [0, 0.1) is 0 Å². The number of hydrogen-bond donors (Lipinski definition) is 0. The van der Waals surface area contributed by atoms with Crippen LogP contribution >= 0.6 is 0 Å². The zero-order valence-corrected chi connectivity index (χ0v) is 11.0. The fourth-order valence-electron chi connectivity index (χ4n) is 1.48. The highest BCUT2D eigenvalue weighted by Gasteiger charge is 2.19. The van der Waals surface area contributed by atoms with E-state index in [0.717, 1.165) is 24.3 Å². The maximum absolute atomic E-state index is 5.89. The molecular weight excluding hydrogens is 212 g/mol. The van der Waals surface area contributed by atoms with Gasteiger partial charge in [0.25, 0.3) is 0 Å². The van der Waals surface area contributed by atoms with Gasteiger partial charge in [0.1, 0.15) is 11.4 Å². The van der Waals surface area contributed by atoms with Crippen LogP contribution in [-0.2, 0) is 4.74 Å². The topological polar surface area (TPSA) is 18.5 Å². The van der Waals surface area contributed by atoms with Crippen molar-refractivity contribution >= 4 is 6.08 Å². The molecule has 1 aromatic carbocycles. The lowest BCUT2D eigenvalue weighted by Gasteiger charge is -2.26. The van der Waals surface area contributed by atoms with Crippen LogP contribution in [0.1, 0.15) is 32.8 Å². The molecule has 0 unspecified atom stereocenters. The zero-order chi connectivity index (χ0) is 12.7. The van der Waals surface area contributed by atoms with Crippen LogP contribution < -0.4 is 4.74 Å². The van der Waals surface area contributed by atoms with E-state index in [4.69, 9.17) is 9.47 Å². The van der Waals surface area contributed by atoms with Crippen LogP contribution in [0.25, 0.3) is 6.08 Å². The van der Waals surface area contributed by atoms with Crippen molar-refractivity contribution in [1.82, 2.24) is 0 Å². The molecule has 0 aliphatic heterocycles. The Labute approximate surface area is 104 Å². The highest BCUT2D eigenvalue weighted by molar-refractivity contribution is 5.48. The summed E-state index contributed by atoms with van der Waals surface area (Å²) < 4.78 is 11.4. The highest BCUT2D eigenvalue weighted by atomic mass is 16.5. The predicted octanol–water partition coefficient (Wildman–Crippen LogP) is 3.91. The molecule has 0 amide bonds. The summed E-state index contributed by atoms with van der Waals surface area (Å²) in [7, 11) is 0. The van der Waals surface area contributed by atoms with Crippen molar-refractivity contribution in [2.45, 2.75) is 32.8 Å². The van der Waals surface area contributed by atoms with Crippen LogP contribution in [-0.4, -0.2) is 18.8 Å². The minimum Gasteiger partial charge on any atom is -0.485 e.